The number of ether oxygens (including phenoxy) is 1. The van der Waals surface area contributed by atoms with Gasteiger partial charge in [-0.15, -0.1) is 0 Å². The minimum absolute atomic E-state index is 0.0880. The van der Waals surface area contributed by atoms with E-state index in [0.717, 1.165) is 11.1 Å². The lowest BCUT2D eigenvalue weighted by Gasteiger charge is -2.39. The van der Waals surface area contributed by atoms with E-state index in [0.29, 0.717) is 50.5 Å². The number of benzene rings is 2. The summed E-state index contributed by atoms with van der Waals surface area (Å²) in [5.74, 6) is -0.520. The van der Waals surface area contributed by atoms with Crippen LogP contribution >= 0.6 is 11.6 Å². The van der Waals surface area contributed by atoms with Gasteiger partial charge in [0, 0.05) is 30.6 Å². The predicted molar refractivity (Wildman–Crippen MR) is 109 cm³/mol. The Morgan fingerprint density at radius 3 is 2.41 bits per heavy atom. The van der Waals surface area contributed by atoms with Gasteiger partial charge in [0.2, 0.25) is 0 Å². The van der Waals surface area contributed by atoms with Crippen molar-refractivity contribution < 1.29 is 19.0 Å². The molecule has 0 saturated carbocycles. The number of likely N-dealkylation sites (tertiary alicyclic amines) is 1. The van der Waals surface area contributed by atoms with Gasteiger partial charge in [0.15, 0.2) is 0 Å². The number of piperidine rings is 1. The first-order chi connectivity index (χ1) is 13.9. The van der Waals surface area contributed by atoms with Crippen molar-refractivity contribution in [2.45, 2.75) is 24.9 Å². The van der Waals surface area contributed by atoms with Crippen LogP contribution in [0.15, 0.2) is 48.5 Å². The van der Waals surface area contributed by atoms with Crippen molar-refractivity contribution in [3.8, 4) is 0 Å². The molecule has 0 aromatic heterocycles. The molecule has 154 valence electrons. The van der Waals surface area contributed by atoms with Crippen molar-refractivity contribution in [1.29, 1.82) is 0 Å². The van der Waals surface area contributed by atoms with Crippen LogP contribution in [0.5, 0.6) is 0 Å². The highest BCUT2D eigenvalue weighted by molar-refractivity contribution is 6.30. The third-order valence-electron chi connectivity index (χ3n) is 6.24. The smallest absolute Gasteiger partial charge is 0.310 e. The third-order valence-corrected chi connectivity index (χ3v) is 6.49. The number of carbonyl (C=O) groups excluding carboxylic acids is 1. The molecule has 0 aliphatic carbocycles. The Balaban J connectivity index is 1.36. The second kappa shape index (κ2) is 8.42. The average molecular weight is 418 g/mol. The van der Waals surface area contributed by atoms with Crippen LogP contribution in [0.4, 0.5) is 4.39 Å². The molecule has 0 amide bonds. The molecule has 2 aliphatic heterocycles. The molecule has 2 aromatic rings. The molecule has 2 fully saturated rings. The van der Waals surface area contributed by atoms with E-state index >= 15 is 0 Å². The lowest BCUT2D eigenvalue weighted by Crippen LogP contribution is -2.45. The van der Waals surface area contributed by atoms with E-state index in [2.05, 4.69) is 4.90 Å². The molecule has 2 aliphatic rings. The van der Waals surface area contributed by atoms with Crippen LogP contribution in [0.3, 0.4) is 0 Å². The number of carbonyl (C=O) groups is 1. The molecule has 6 heteroatoms. The van der Waals surface area contributed by atoms with Gasteiger partial charge in [-0.05, 0) is 54.7 Å². The molecule has 1 N–H and O–H groups in total. The molecule has 0 unspecified atom stereocenters. The van der Waals surface area contributed by atoms with E-state index in [1.807, 2.05) is 12.1 Å². The number of esters is 1. The van der Waals surface area contributed by atoms with Crippen LogP contribution in [-0.4, -0.2) is 42.2 Å². The summed E-state index contributed by atoms with van der Waals surface area (Å²) in [5.41, 5.74) is 1.04. The first-order valence-electron chi connectivity index (χ1n) is 10.0. The Bertz CT molecular complexity index is 847. The zero-order valence-electron chi connectivity index (χ0n) is 16.2. The van der Waals surface area contributed by atoms with Crippen LogP contribution in [-0.2, 0) is 21.6 Å². The maximum absolute atomic E-state index is 13.1. The quantitative estimate of drug-likeness (QED) is 0.752. The van der Waals surface area contributed by atoms with Crippen molar-refractivity contribution >= 4 is 17.6 Å². The van der Waals surface area contributed by atoms with E-state index in [9.17, 15) is 14.3 Å². The molecular weight excluding hydrogens is 393 g/mol. The summed E-state index contributed by atoms with van der Waals surface area (Å²) >= 11 is 5.96. The van der Waals surface area contributed by atoms with Gasteiger partial charge in [0.05, 0.1) is 18.1 Å². The van der Waals surface area contributed by atoms with Crippen molar-refractivity contribution in [3.63, 3.8) is 0 Å². The minimum atomic E-state index is -0.856. The highest BCUT2D eigenvalue weighted by Crippen LogP contribution is 2.35. The Labute approximate surface area is 175 Å². The van der Waals surface area contributed by atoms with Gasteiger partial charge in [0.25, 0.3) is 0 Å². The van der Waals surface area contributed by atoms with Gasteiger partial charge in [-0.25, -0.2) is 4.39 Å². The third kappa shape index (κ3) is 4.63. The second-order valence-electron chi connectivity index (χ2n) is 8.17. The van der Waals surface area contributed by atoms with E-state index in [1.165, 1.54) is 12.1 Å². The fraction of sp³-hybridized carbons (Fsp3) is 0.435. The summed E-state index contributed by atoms with van der Waals surface area (Å²) in [6, 6.07) is 13.8. The minimum Gasteiger partial charge on any atom is -0.465 e. The van der Waals surface area contributed by atoms with Gasteiger partial charge in [0.1, 0.15) is 5.82 Å². The fourth-order valence-electron chi connectivity index (χ4n) is 4.39. The van der Waals surface area contributed by atoms with Crippen LogP contribution in [0, 0.1) is 17.7 Å². The molecule has 0 spiro atoms. The topological polar surface area (TPSA) is 49.8 Å². The lowest BCUT2D eigenvalue weighted by atomic mass is 9.83. The fourth-order valence-corrected chi connectivity index (χ4v) is 4.51. The van der Waals surface area contributed by atoms with Gasteiger partial charge in [-0.3, -0.25) is 4.79 Å². The summed E-state index contributed by atoms with van der Waals surface area (Å²) < 4.78 is 18.5. The largest absolute Gasteiger partial charge is 0.465 e. The summed E-state index contributed by atoms with van der Waals surface area (Å²) in [4.78, 5) is 14.5. The average Bonchev–Trinajstić information content (AvgIpc) is 3.05. The predicted octanol–water partition coefficient (Wildman–Crippen LogP) is 3.79. The zero-order chi connectivity index (χ0) is 20.4. The Morgan fingerprint density at radius 1 is 1.10 bits per heavy atom. The molecule has 2 heterocycles. The molecule has 2 atom stereocenters. The van der Waals surface area contributed by atoms with Crippen LogP contribution in [0.25, 0.3) is 0 Å². The number of cyclic esters (lactones) is 1. The molecule has 4 rings (SSSR count). The number of hydrogen-bond acceptors (Lipinski definition) is 4. The van der Waals surface area contributed by atoms with Crippen molar-refractivity contribution in [1.82, 2.24) is 4.90 Å². The van der Waals surface area contributed by atoms with E-state index in [1.54, 1.807) is 24.3 Å². The molecule has 2 saturated heterocycles. The number of aliphatic hydroxyl groups is 1. The van der Waals surface area contributed by atoms with Gasteiger partial charge >= 0.3 is 5.97 Å². The van der Waals surface area contributed by atoms with Gasteiger partial charge in [-0.1, -0.05) is 35.9 Å². The first kappa shape index (κ1) is 20.3. The van der Waals surface area contributed by atoms with E-state index in [-0.39, 0.29) is 23.6 Å². The standard InChI is InChI=1S/C23H25ClFNO3/c24-19-5-3-18(4-6-19)23(28)9-11-26(12-10-23)14-21-17(15-29-22(21)27)13-16-1-7-20(25)8-2-16/h1-8,17,21,28H,9-15H2/t17-,21+/m0/s1. The molecule has 4 nitrogen and oxygen atoms in total. The van der Waals surface area contributed by atoms with Crippen molar-refractivity contribution in [3.05, 3.63) is 70.5 Å². The molecule has 2 aromatic carbocycles. The molecular formula is C23H25ClFNO3. The van der Waals surface area contributed by atoms with Crippen LogP contribution in [0.2, 0.25) is 5.02 Å². The molecule has 0 bridgehead atoms. The Kier molecular flexibility index (Phi) is 5.91. The normalized spacial score (nSPS) is 24.4. The lowest BCUT2D eigenvalue weighted by molar-refractivity contribution is -0.142. The summed E-state index contributed by atoms with van der Waals surface area (Å²) in [5, 5.41) is 11.7. The van der Waals surface area contributed by atoms with E-state index < -0.39 is 5.60 Å². The summed E-state index contributed by atoms with van der Waals surface area (Å²) in [6.07, 6.45) is 1.91. The Hall–Kier alpha value is -1.95. The number of nitrogens with zero attached hydrogens (tertiary/aromatic N) is 1. The number of halogens is 2. The number of hydrogen-bond donors (Lipinski definition) is 1. The van der Waals surface area contributed by atoms with Crippen LogP contribution in [0.1, 0.15) is 24.0 Å². The maximum Gasteiger partial charge on any atom is 0.310 e. The van der Waals surface area contributed by atoms with Crippen molar-refractivity contribution in [2.24, 2.45) is 11.8 Å². The van der Waals surface area contributed by atoms with Gasteiger partial charge in [-0.2, -0.15) is 0 Å². The summed E-state index contributed by atoms with van der Waals surface area (Å²) in [6.45, 7) is 2.46. The Morgan fingerprint density at radius 2 is 1.76 bits per heavy atom. The molecule has 0 radical (unpaired) electrons. The second-order valence-corrected chi connectivity index (χ2v) is 8.60. The first-order valence-corrected chi connectivity index (χ1v) is 10.4. The highest BCUT2D eigenvalue weighted by Gasteiger charge is 2.40. The maximum atomic E-state index is 13.1. The van der Waals surface area contributed by atoms with Gasteiger partial charge < -0.3 is 14.7 Å². The van der Waals surface area contributed by atoms with Crippen molar-refractivity contribution in [2.75, 3.05) is 26.2 Å². The SMILES string of the molecule is O=C1OC[C@H](Cc2ccc(F)cc2)[C@H]1CN1CCC(O)(c2ccc(Cl)cc2)CC1. The monoisotopic (exact) mass is 417 g/mol. The summed E-state index contributed by atoms with van der Waals surface area (Å²) in [7, 11) is 0. The zero-order valence-corrected chi connectivity index (χ0v) is 16.9. The number of rotatable bonds is 5. The molecule has 29 heavy (non-hydrogen) atoms. The van der Waals surface area contributed by atoms with E-state index in [4.69, 9.17) is 16.3 Å². The van der Waals surface area contributed by atoms with Crippen LogP contribution < -0.4 is 0 Å². The highest BCUT2D eigenvalue weighted by atomic mass is 35.5.